The molecule has 1 N–H and O–H groups in total. The highest BCUT2D eigenvalue weighted by Crippen LogP contribution is 2.34. The first-order valence-electron chi connectivity index (χ1n) is 5.82. The average Bonchev–Trinajstić information content (AvgIpc) is 2.61. The number of aromatic amines is 1. The largest absolute Gasteiger partial charge is 0.310 e. The topological polar surface area (TPSA) is 63.6 Å². The van der Waals surface area contributed by atoms with Crippen LogP contribution in [0.1, 0.15) is 31.0 Å². The van der Waals surface area contributed by atoms with Crippen LogP contribution in [0.25, 0.3) is 11.3 Å². The zero-order chi connectivity index (χ0) is 11.8. The summed E-state index contributed by atoms with van der Waals surface area (Å²) in [7, 11) is 1.85. The van der Waals surface area contributed by atoms with Gasteiger partial charge in [-0.3, -0.25) is 9.48 Å². The Kier molecular flexibility index (Phi) is 2.31. The zero-order valence-electron chi connectivity index (χ0n) is 9.68. The van der Waals surface area contributed by atoms with Gasteiger partial charge in [0.1, 0.15) is 5.82 Å². The van der Waals surface area contributed by atoms with Gasteiger partial charge in [0, 0.05) is 30.8 Å². The molecule has 1 aliphatic carbocycles. The quantitative estimate of drug-likeness (QED) is 0.849. The number of rotatable bonds is 2. The molecule has 0 aliphatic heterocycles. The lowest BCUT2D eigenvalue weighted by atomic mass is 9.85. The highest BCUT2D eigenvalue weighted by molar-refractivity contribution is 5.56. The second-order valence-electron chi connectivity index (χ2n) is 4.55. The SMILES string of the molecule is Cn1cc(-c2cc(=O)[nH]c(C3CCC3)n2)cn1. The van der Waals surface area contributed by atoms with Gasteiger partial charge in [0.05, 0.1) is 11.9 Å². The van der Waals surface area contributed by atoms with Gasteiger partial charge >= 0.3 is 0 Å². The molecule has 88 valence electrons. The van der Waals surface area contributed by atoms with E-state index in [1.54, 1.807) is 10.9 Å². The first-order valence-corrected chi connectivity index (χ1v) is 5.82. The molecular formula is C12H14N4O. The Hall–Kier alpha value is -1.91. The fourth-order valence-corrected chi connectivity index (χ4v) is 2.05. The first kappa shape index (κ1) is 10.3. The van der Waals surface area contributed by atoms with E-state index >= 15 is 0 Å². The molecule has 2 aromatic rings. The van der Waals surface area contributed by atoms with Gasteiger partial charge in [-0.05, 0) is 12.8 Å². The Bertz CT molecular complexity index is 595. The summed E-state index contributed by atoms with van der Waals surface area (Å²) >= 11 is 0. The Morgan fingerprint density at radius 1 is 1.47 bits per heavy atom. The summed E-state index contributed by atoms with van der Waals surface area (Å²) in [5.74, 6) is 1.25. The van der Waals surface area contributed by atoms with Crippen LogP contribution in [0, 0.1) is 0 Å². The Balaban J connectivity index is 2.04. The smallest absolute Gasteiger partial charge is 0.251 e. The number of hydrogen-bond donors (Lipinski definition) is 1. The van der Waals surface area contributed by atoms with E-state index in [2.05, 4.69) is 15.1 Å². The van der Waals surface area contributed by atoms with E-state index in [1.165, 1.54) is 12.5 Å². The molecular weight excluding hydrogens is 216 g/mol. The van der Waals surface area contributed by atoms with Gasteiger partial charge in [-0.15, -0.1) is 0 Å². The molecule has 5 nitrogen and oxygen atoms in total. The van der Waals surface area contributed by atoms with Crippen LogP contribution in [0.2, 0.25) is 0 Å². The van der Waals surface area contributed by atoms with Gasteiger partial charge in [0.15, 0.2) is 0 Å². The highest BCUT2D eigenvalue weighted by atomic mass is 16.1. The fourth-order valence-electron chi connectivity index (χ4n) is 2.05. The molecule has 0 saturated heterocycles. The van der Waals surface area contributed by atoms with Crippen LogP contribution in [-0.2, 0) is 7.05 Å². The molecule has 0 aromatic carbocycles. The van der Waals surface area contributed by atoms with Crippen molar-refractivity contribution >= 4 is 0 Å². The molecule has 2 heterocycles. The normalized spacial score (nSPS) is 15.8. The Morgan fingerprint density at radius 2 is 2.29 bits per heavy atom. The molecule has 1 fully saturated rings. The fraction of sp³-hybridized carbons (Fsp3) is 0.417. The molecule has 0 unspecified atom stereocenters. The van der Waals surface area contributed by atoms with E-state index in [1.807, 2.05) is 13.2 Å². The van der Waals surface area contributed by atoms with E-state index in [9.17, 15) is 4.79 Å². The number of hydrogen-bond acceptors (Lipinski definition) is 3. The summed E-state index contributed by atoms with van der Waals surface area (Å²) in [6.07, 6.45) is 7.07. The van der Waals surface area contributed by atoms with Crippen LogP contribution >= 0.6 is 0 Å². The Labute approximate surface area is 98.5 Å². The Morgan fingerprint density at radius 3 is 2.88 bits per heavy atom. The minimum Gasteiger partial charge on any atom is -0.310 e. The number of H-pyrrole nitrogens is 1. The highest BCUT2D eigenvalue weighted by Gasteiger charge is 2.22. The van der Waals surface area contributed by atoms with E-state index in [-0.39, 0.29) is 5.56 Å². The summed E-state index contributed by atoms with van der Waals surface area (Å²) in [5.41, 5.74) is 1.52. The van der Waals surface area contributed by atoms with Crippen molar-refractivity contribution in [3.63, 3.8) is 0 Å². The third-order valence-electron chi connectivity index (χ3n) is 3.25. The average molecular weight is 230 g/mol. The number of nitrogens with zero attached hydrogens (tertiary/aromatic N) is 3. The predicted molar refractivity (Wildman–Crippen MR) is 63.7 cm³/mol. The van der Waals surface area contributed by atoms with Crippen molar-refractivity contribution in [3.8, 4) is 11.3 Å². The van der Waals surface area contributed by atoms with Crippen molar-refractivity contribution in [2.75, 3.05) is 0 Å². The minimum absolute atomic E-state index is 0.0826. The minimum atomic E-state index is -0.0826. The predicted octanol–water partition coefficient (Wildman–Crippen LogP) is 1.44. The molecule has 3 rings (SSSR count). The maximum atomic E-state index is 11.6. The van der Waals surface area contributed by atoms with Crippen LogP contribution in [0.5, 0.6) is 0 Å². The van der Waals surface area contributed by atoms with Crippen molar-refractivity contribution in [2.45, 2.75) is 25.2 Å². The van der Waals surface area contributed by atoms with Crippen LogP contribution < -0.4 is 5.56 Å². The zero-order valence-corrected chi connectivity index (χ0v) is 9.68. The van der Waals surface area contributed by atoms with E-state index in [0.717, 1.165) is 24.2 Å². The van der Waals surface area contributed by atoms with Crippen LogP contribution in [0.4, 0.5) is 0 Å². The van der Waals surface area contributed by atoms with Gasteiger partial charge in [0.25, 0.3) is 5.56 Å². The van der Waals surface area contributed by atoms with Gasteiger partial charge in [-0.1, -0.05) is 6.42 Å². The lowest BCUT2D eigenvalue weighted by molar-refractivity contribution is 0.401. The van der Waals surface area contributed by atoms with Crippen LogP contribution in [0.15, 0.2) is 23.3 Å². The molecule has 17 heavy (non-hydrogen) atoms. The second kappa shape index (κ2) is 3.84. The molecule has 1 aliphatic rings. The second-order valence-corrected chi connectivity index (χ2v) is 4.55. The van der Waals surface area contributed by atoms with Crippen molar-refractivity contribution in [3.05, 3.63) is 34.6 Å². The molecule has 0 spiro atoms. The van der Waals surface area contributed by atoms with Gasteiger partial charge in [0.2, 0.25) is 0 Å². The lowest BCUT2D eigenvalue weighted by Crippen LogP contribution is -2.18. The number of aromatic nitrogens is 4. The van der Waals surface area contributed by atoms with Crippen molar-refractivity contribution in [1.29, 1.82) is 0 Å². The third-order valence-corrected chi connectivity index (χ3v) is 3.25. The van der Waals surface area contributed by atoms with Gasteiger partial charge in [-0.25, -0.2) is 4.98 Å². The van der Waals surface area contributed by atoms with Gasteiger partial charge < -0.3 is 4.98 Å². The van der Waals surface area contributed by atoms with E-state index in [0.29, 0.717) is 11.6 Å². The molecule has 0 bridgehead atoms. The summed E-state index contributed by atoms with van der Waals surface area (Å²) in [5, 5.41) is 4.10. The lowest BCUT2D eigenvalue weighted by Gasteiger charge is -2.24. The van der Waals surface area contributed by atoms with Crippen molar-refractivity contribution < 1.29 is 0 Å². The molecule has 2 aromatic heterocycles. The number of nitrogens with one attached hydrogen (secondary N) is 1. The van der Waals surface area contributed by atoms with Crippen molar-refractivity contribution in [2.24, 2.45) is 7.05 Å². The van der Waals surface area contributed by atoms with Gasteiger partial charge in [-0.2, -0.15) is 5.10 Å². The van der Waals surface area contributed by atoms with Crippen LogP contribution in [0.3, 0.4) is 0 Å². The van der Waals surface area contributed by atoms with E-state index < -0.39 is 0 Å². The molecule has 0 radical (unpaired) electrons. The maximum Gasteiger partial charge on any atom is 0.251 e. The summed E-state index contributed by atoms with van der Waals surface area (Å²) in [6, 6.07) is 1.53. The molecule has 0 amide bonds. The van der Waals surface area contributed by atoms with Crippen LogP contribution in [-0.4, -0.2) is 19.7 Å². The molecule has 0 atom stereocenters. The number of aryl methyl sites for hydroxylation is 1. The maximum absolute atomic E-state index is 11.6. The third kappa shape index (κ3) is 1.88. The summed E-state index contributed by atoms with van der Waals surface area (Å²) in [4.78, 5) is 19.0. The summed E-state index contributed by atoms with van der Waals surface area (Å²) in [6.45, 7) is 0. The standard InChI is InChI=1S/C12H14N4O/c1-16-7-9(6-13-16)10-5-11(17)15-12(14-10)8-3-2-4-8/h5-8H,2-4H2,1H3,(H,14,15,17). The van der Waals surface area contributed by atoms with Crippen molar-refractivity contribution in [1.82, 2.24) is 19.7 Å². The monoisotopic (exact) mass is 230 g/mol. The summed E-state index contributed by atoms with van der Waals surface area (Å²) < 4.78 is 1.71. The molecule has 1 saturated carbocycles. The first-order chi connectivity index (χ1) is 8.22. The molecule has 5 heteroatoms. The van der Waals surface area contributed by atoms with E-state index in [4.69, 9.17) is 0 Å².